The van der Waals surface area contributed by atoms with Gasteiger partial charge in [-0.05, 0) is 61.1 Å². The fourth-order valence-electron chi connectivity index (χ4n) is 4.00. The normalized spacial score (nSPS) is 21.4. The van der Waals surface area contributed by atoms with Crippen molar-refractivity contribution in [2.75, 3.05) is 33.5 Å². The molecule has 142 valence electrons. The Balaban J connectivity index is 1.84. The number of carbonyl (C=O) groups excluding carboxylic acids is 1. The van der Waals surface area contributed by atoms with E-state index in [-0.39, 0.29) is 5.91 Å². The van der Waals surface area contributed by atoms with Crippen molar-refractivity contribution in [1.82, 2.24) is 9.80 Å². The lowest BCUT2D eigenvalue weighted by Gasteiger charge is -2.28. The van der Waals surface area contributed by atoms with Gasteiger partial charge in [-0.15, -0.1) is 0 Å². The van der Waals surface area contributed by atoms with Crippen molar-refractivity contribution in [1.29, 1.82) is 0 Å². The number of methoxy groups -OCH3 is 1. The number of thioether (sulfide) groups is 1. The Bertz CT molecular complexity index is 853. The molecule has 0 spiro atoms. The van der Waals surface area contributed by atoms with Crippen LogP contribution < -0.4 is 4.74 Å². The van der Waals surface area contributed by atoms with Gasteiger partial charge in [-0.1, -0.05) is 11.8 Å². The van der Waals surface area contributed by atoms with Gasteiger partial charge in [0.2, 0.25) is 5.91 Å². The highest BCUT2D eigenvalue weighted by Gasteiger charge is 2.34. The van der Waals surface area contributed by atoms with Crippen molar-refractivity contribution in [3.8, 4) is 5.75 Å². The van der Waals surface area contributed by atoms with Gasteiger partial charge in [0.1, 0.15) is 5.75 Å². The molecule has 4 rings (SSSR count). The molecule has 1 fully saturated rings. The van der Waals surface area contributed by atoms with Crippen LogP contribution in [0.15, 0.2) is 46.1 Å². The number of hydrogen-bond donors (Lipinski definition) is 0. The number of fused-ring (bicyclic) bond motifs is 1. The van der Waals surface area contributed by atoms with E-state index < -0.39 is 0 Å². The lowest BCUT2D eigenvalue weighted by Crippen LogP contribution is -2.34. The molecule has 5 nitrogen and oxygen atoms in total. The largest absolute Gasteiger partial charge is 0.497 e. The Morgan fingerprint density at radius 2 is 1.93 bits per heavy atom. The van der Waals surface area contributed by atoms with Crippen LogP contribution in [0.5, 0.6) is 5.75 Å². The minimum absolute atomic E-state index is 0.183. The maximum absolute atomic E-state index is 12.1. The number of amides is 1. The maximum Gasteiger partial charge on any atom is 0.239 e. The minimum Gasteiger partial charge on any atom is -0.497 e. The van der Waals surface area contributed by atoms with E-state index in [1.54, 1.807) is 18.9 Å². The van der Waals surface area contributed by atoms with E-state index >= 15 is 0 Å². The van der Waals surface area contributed by atoms with Crippen LogP contribution in [-0.2, 0) is 4.79 Å². The van der Waals surface area contributed by atoms with Crippen LogP contribution in [0.2, 0.25) is 0 Å². The molecule has 0 unspecified atom stereocenters. The summed E-state index contributed by atoms with van der Waals surface area (Å²) in [7, 11) is 5.87. The molecule has 1 amide bonds. The third-order valence-electron chi connectivity index (χ3n) is 5.29. The van der Waals surface area contributed by atoms with Crippen LogP contribution >= 0.6 is 11.8 Å². The number of allylic oxidation sites excluding steroid dienone is 1. The Hall–Kier alpha value is -2.21. The van der Waals surface area contributed by atoms with Gasteiger partial charge < -0.3 is 9.64 Å². The molecule has 27 heavy (non-hydrogen) atoms. The molecule has 0 bridgehead atoms. The van der Waals surface area contributed by atoms with Crippen molar-refractivity contribution in [2.45, 2.75) is 25.7 Å². The molecule has 1 saturated heterocycles. The van der Waals surface area contributed by atoms with Crippen LogP contribution in [0.4, 0.5) is 0 Å². The van der Waals surface area contributed by atoms with Crippen LogP contribution in [0, 0.1) is 0 Å². The summed E-state index contributed by atoms with van der Waals surface area (Å²) in [5, 5.41) is 0.867. The summed E-state index contributed by atoms with van der Waals surface area (Å²) in [6.07, 6.45) is 4.31. The van der Waals surface area contributed by atoms with Crippen LogP contribution in [-0.4, -0.2) is 54.4 Å². The number of ether oxygens (including phenoxy) is 1. The first-order valence-electron chi connectivity index (χ1n) is 9.37. The molecule has 1 aliphatic carbocycles. The second kappa shape index (κ2) is 7.43. The van der Waals surface area contributed by atoms with Crippen LogP contribution in [0.3, 0.4) is 0 Å². The van der Waals surface area contributed by atoms with Gasteiger partial charge in [-0.3, -0.25) is 9.69 Å². The summed E-state index contributed by atoms with van der Waals surface area (Å²) < 4.78 is 5.32. The van der Waals surface area contributed by atoms with E-state index in [4.69, 9.17) is 9.73 Å². The molecular formula is C21H25N3O2S. The SMILES string of the molecule is COc1ccc(/C(=C2/CCCCC3=C2N=C2SCC(=O)N2C3)N(C)C)cc1. The summed E-state index contributed by atoms with van der Waals surface area (Å²) in [5.74, 6) is 1.55. The zero-order chi connectivity index (χ0) is 19.0. The lowest BCUT2D eigenvalue weighted by molar-refractivity contribution is -0.123. The Morgan fingerprint density at radius 1 is 1.19 bits per heavy atom. The molecule has 1 aromatic rings. The van der Waals surface area contributed by atoms with Gasteiger partial charge in [0.25, 0.3) is 0 Å². The molecule has 6 heteroatoms. The monoisotopic (exact) mass is 383 g/mol. The van der Waals surface area contributed by atoms with Gasteiger partial charge in [0, 0.05) is 25.4 Å². The number of aliphatic imine (C=N–C) groups is 1. The maximum atomic E-state index is 12.1. The number of benzene rings is 1. The number of amidine groups is 1. The smallest absolute Gasteiger partial charge is 0.239 e. The van der Waals surface area contributed by atoms with Crippen molar-refractivity contribution in [3.63, 3.8) is 0 Å². The van der Waals surface area contributed by atoms with Crippen molar-refractivity contribution < 1.29 is 9.53 Å². The molecule has 3 aliphatic rings. The highest BCUT2D eigenvalue weighted by atomic mass is 32.2. The summed E-state index contributed by atoms with van der Waals surface area (Å²) in [6.45, 7) is 0.701. The summed E-state index contributed by atoms with van der Waals surface area (Å²) in [4.78, 5) is 21.2. The molecule has 0 radical (unpaired) electrons. The molecular weight excluding hydrogens is 358 g/mol. The molecule has 0 aromatic heterocycles. The van der Waals surface area contributed by atoms with Gasteiger partial charge >= 0.3 is 0 Å². The molecule has 1 aromatic carbocycles. The first kappa shape index (κ1) is 18.2. The van der Waals surface area contributed by atoms with Gasteiger partial charge in [-0.2, -0.15) is 0 Å². The average Bonchev–Trinajstić information content (AvgIpc) is 2.91. The zero-order valence-electron chi connectivity index (χ0n) is 16.1. The van der Waals surface area contributed by atoms with Crippen molar-refractivity contribution >= 4 is 28.5 Å². The summed E-state index contributed by atoms with van der Waals surface area (Å²) >= 11 is 1.56. The van der Waals surface area contributed by atoms with E-state index in [2.05, 4.69) is 31.1 Å². The zero-order valence-corrected chi connectivity index (χ0v) is 16.9. The third kappa shape index (κ3) is 3.38. The molecule has 2 heterocycles. The lowest BCUT2D eigenvalue weighted by atomic mass is 9.97. The Morgan fingerprint density at radius 3 is 2.63 bits per heavy atom. The standard InChI is InChI=1S/C21H25N3O2S/c1-23(2)20(14-8-10-16(26-3)11-9-14)17-7-5-4-6-15-12-24-18(25)13-27-21(24)22-19(15)17/h8-11H,4-7,12-13H2,1-3H3/b20-17+. The fraction of sp³-hybridized carbons (Fsp3) is 0.429. The topological polar surface area (TPSA) is 45.1 Å². The van der Waals surface area contributed by atoms with Crippen molar-refractivity contribution in [3.05, 3.63) is 46.7 Å². The Kier molecular flexibility index (Phi) is 5.00. The predicted molar refractivity (Wildman–Crippen MR) is 111 cm³/mol. The number of rotatable bonds is 3. The average molecular weight is 384 g/mol. The third-order valence-corrected chi connectivity index (χ3v) is 6.25. The predicted octanol–water partition coefficient (Wildman–Crippen LogP) is 3.74. The van der Waals surface area contributed by atoms with E-state index in [1.807, 2.05) is 17.0 Å². The van der Waals surface area contributed by atoms with Crippen molar-refractivity contribution in [2.24, 2.45) is 4.99 Å². The Labute approximate surface area is 164 Å². The van der Waals surface area contributed by atoms with Gasteiger partial charge in [0.05, 0.1) is 25.1 Å². The fourth-order valence-corrected chi connectivity index (χ4v) is 4.88. The van der Waals surface area contributed by atoms with Crippen LogP contribution in [0.1, 0.15) is 31.2 Å². The number of hydrogen-bond acceptors (Lipinski definition) is 5. The molecule has 2 aliphatic heterocycles. The molecule has 0 N–H and O–H groups in total. The van der Waals surface area contributed by atoms with Crippen LogP contribution in [0.25, 0.3) is 5.70 Å². The van der Waals surface area contributed by atoms with Gasteiger partial charge in [0.15, 0.2) is 5.17 Å². The van der Waals surface area contributed by atoms with Gasteiger partial charge in [-0.25, -0.2) is 4.99 Å². The molecule has 0 atom stereocenters. The quantitative estimate of drug-likeness (QED) is 0.798. The first-order chi connectivity index (χ1) is 13.1. The second-order valence-corrected chi connectivity index (χ2v) is 8.21. The number of carbonyl (C=O) groups is 1. The minimum atomic E-state index is 0.183. The van der Waals surface area contributed by atoms with E-state index in [9.17, 15) is 4.79 Å². The summed E-state index contributed by atoms with van der Waals surface area (Å²) in [6, 6.07) is 8.24. The first-order valence-corrected chi connectivity index (χ1v) is 10.4. The van der Waals surface area contributed by atoms with E-state index in [0.29, 0.717) is 12.3 Å². The highest BCUT2D eigenvalue weighted by Crippen LogP contribution is 2.40. The highest BCUT2D eigenvalue weighted by molar-refractivity contribution is 8.15. The van der Waals surface area contributed by atoms with E-state index in [0.717, 1.165) is 42.3 Å². The molecule has 0 saturated carbocycles. The number of nitrogens with zero attached hydrogens (tertiary/aromatic N) is 3. The summed E-state index contributed by atoms with van der Waals surface area (Å²) in [5.41, 5.74) is 6.08. The van der Waals surface area contributed by atoms with E-state index in [1.165, 1.54) is 22.4 Å². The second-order valence-electron chi connectivity index (χ2n) is 7.27.